The van der Waals surface area contributed by atoms with E-state index in [2.05, 4.69) is 0 Å². The minimum atomic E-state index is -0.379. The molecule has 0 radical (unpaired) electrons. The van der Waals surface area contributed by atoms with Crippen LogP contribution in [0.5, 0.6) is 0 Å². The zero-order valence-corrected chi connectivity index (χ0v) is 9.54. The lowest BCUT2D eigenvalue weighted by Crippen LogP contribution is -2.07. The maximum atomic E-state index is 11.6. The molecule has 0 saturated carbocycles. The van der Waals surface area contributed by atoms with E-state index in [1.807, 2.05) is 30.3 Å². The number of rotatable bonds is 3. The highest BCUT2D eigenvalue weighted by atomic mass is 35.5. The SMILES string of the molecule is CCOC(=O)/C(=C(/C)Cl)c1ccccc1. The van der Waals surface area contributed by atoms with Crippen LogP contribution < -0.4 is 0 Å². The van der Waals surface area contributed by atoms with Crippen molar-refractivity contribution in [3.8, 4) is 0 Å². The molecule has 1 rings (SSSR count). The Hall–Kier alpha value is -1.28. The molecule has 0 spiro atoms. The minimum absolute atomic E-state index is 0.347. The standard InChI is InChI=1S/C12H13ClO2/c1-3-15-12(14)11(9(2)13)10-7-5-4-6-8-10/h4-8H,3H2,1-2H3/b11-9-. The number of hydrogen-bond acceptors (Lipinski definition) is 2. The number of halogens is 1. The first kappa shape index (κ1) is 11.8. The molecule has 2 nitrogen and oxygen atoms in total. The first-order chi connectivity index (χ1) is 7.16. The summed E-state index contributed by atoms with van der Waals surface area (Å²) < 4.78 is 4.94. The third kappa shape index (κ3) is 3.10. The maximum Gasteiger partial charge on any atom is 0.339 e. The van der Waals surface area contributed by atoms with Crippen molar-refractivity contribution in [3.63, 3.8) is 0 Å². The molecule has 0 atom stereocenters. The van der Waals surface area contributed by atoms with E-state index in [4.69, 9.17) is 16.3 Å². The quantitative estimate of drug-likeness (QED) is 0.582. The number of ether oxygens (including phenoxy) is 1. The van der Waals surface area contributed by atoms with Crippen molar-refractivity contribution >= 4 is 23.1 Å². The summed E-state index contributed by atoms with van der Waals surface area (Å²) in [4.78, 5) is 11.6. The van der Waals surface area contributed by atoms with E-state index in [0.717, 1.165) is 5.56 Å². The summed E-state index contributed by atoms with van der Waals surface area (Å²) in [5.74, 6) is -0.379. The van der Waals surface area contributed by atoms with Gasteiger partial charge in [-0.2, -0.15) is 0 Å². The molecular formula is C12H13ClO2. The molecule has 1 aromatic rings. The average molecular weight is 225 g/mol. The minimum Gasteiger partial charge on any atom is -0.462 e. The number of carbonyl (C=O) groups excluding carboxylic acids is 1. The van der Waals surface area contributed by atoms with Gasteiger partial charge in [0.25, 0.3) is 0 Å². The number of carbonyl (C=O) groups is 1. The van der Waals surface area contributed by atoms with Crippen LogP contribution in [0.1, 0.15) is 19.4 Å². The van der Waals surface area contributed by atoms with Crippen LogP contribution in [0.3, 0.4) is 0 Å². The van der Waals surface area contributed by atoms with Gasteiger partial charge in [0.05, 0.1) is 12.2 Å². The van der Waals surface area contributed by atoms with Gasteiger partial charge in [0, 0.05) is 5.03 Å². The predicted octanol–water partition coefficient (Wildman–Crippen LogP) is 3.22. The first-order valence-corrected chi connectivity index (χ1v) is 5.13. The molecule has 80 valence electrons. The van der Waals surface area contributed by atoms with E-state index < -0.39 is 0 Å². The van der Waals surface area contributed by atoms with Gasteiger partial charge in [0.1, 0.15) is 0 Å². The summed E-state index contributed by atoms with van der Waals surface area (Å²) in [7, 11) is 0. The van der Waals surface area contributed by atoms with Gasteiger partial charge in [0.2, 0.25) is 0 Å². The lowest BCUT2D eigenvalue weighted by atomic mass is 10.1. The van der Waals surface area contributed by atoms with Gasteiger partial charge in [-0.15, -0.1) is 0 Å². The highest BCUT2D eigenvalue weighted by molar-refractivity contribution is 6.38. The Morgan fingerprint density at radius 3 is 2.40 bits per heavy atom. The highest BCUT2D eigenvalue weighted by Gasteiger charge is 2.15. The van der Waals surface area contributed by atoms with Gasteiger partial charge in [-0.25, -0.2) is 4.79 Å². The summed E-state index contributed by atoms with van der Waals surface area (Å²) in [6.07, 6.45) is 0. The fourth-order valence-electron chi connectivity index (χ4n) is 1.27. The van der Waals surface area contributed by atoms with Crippen LogP contribution in [0.2, 0.25) is 0 Å². The topological polar surface area (TPSA) is 26.3 Å². The van der Waals surface area contributed by atoms with Crippen molar-refractivity contribution in [3.05, 3.63) is 40.9 Å². The molecule has 3 heteroatoms. The van der Waals surface area contributed by atoms with Crippen molar-refractivity contribution in [2.45, 2.75) is 13.8 Å². The van der Waals surface area contributed by atoms with Gasteiger partial charge in [-0.3, -0.25) is 0 Å². The molecular weight excluding hydrogens is 212 g/mol. The first-order valence-electron chi connectivity index (χ1n) is 4.75. The Morgan fingerprint density at radius 2 is 1.93 bits per heavy atom. The fraction of sp³-hybridized carbons (Fsp3) is 0.250. The predicted molar refractivity (Wildman–Crippen MR) is 61.5 cm³/mol. The van der Waals surface area contributed by atoms with Crippen LogP contribution in [-0.2, 0) is 9.53 Å². The third-order valence-electron chi connectivity index (χ3n) is 1.89. The molecule has 0 aliphatic carbocycles. The lowest BCUT2D eigenvalue weighted by molar-refractivity contribution is -0.136. The van der Waals surface area contributed by atoms with Crippen molar-refractivity contribution in [2.75, 3.05) is 6.61 Å². The van der Waals surface area contributed by atoms with Crippen LogP contribution in [0.4, 0.5) is 0 Å². The number of benzene rings is 1. The van der Waals surface area contributed by atoms with Gasteiger partial charge < -0.3 is 4.74 Å². The molecule has 0 fully saturated rings. The average Bonchev–Trinajstić information content (AvgIpc) is 2.19. The summed E-state index contributed by atoms with van der Waals surface area (Å²) in [6, 6.07) is 9.26. The Labute approximate surface area is 94.5 Å². The Balaban J connectivity index is 3.06. The second-order valence-corrected chi connectivity index (χ2v) is 3.56. The van der Waals surface area contributed by atoms with Gasteiger partial charge >= 0.3 is 5.97 Å². The molecule has 0 bridgehead atoms. The number of esters is 1. The molecule has 0 aliphatic heterocycles. The van der Waals surface area contributed by atoms with E-state index in [-0.39, 0.29) is 5.97 Å². The number of allylic oxidation sites excluding steroid dienone is 1. The Kier molecular flexibility index (Phi) is 4.37. The second kappa shape index (κ2) is 5.56. The van der Waals surface area contributed by atoms with E-state index >= 15 is 0 Å². The molecule has 0 aromatic heterocycles. The molecule has 0 heterocycles. The van der Waals surface area contributed by atoms with E-state index in [0.29, 0.717) is 17.2 Å². The van der Waals surface area contributed by atoms with Gasteiger partial charge in [-0.05, 0) is 19.4 Å². The van der Waals surface area contributed by atoms with Crippen LogP contribution in [0, 0.1) is 0 Å². The largest absolute Gasteiger partial charge is 0.462 e. The van der Waals surface area contributed by atoms with E-state index in [1.165, 1.54) is 0 Å². The molecule has 1 aromatic carbocycles. The summed E-state index contributed by atoms with van der Waals surface area (Å²) in [6.45, 7) is 3.80. The summed E-state index contributed by atoms with van der Waals surface area (Å²) in [5.41, 5.74) is 1.21. The molecule has 15 heavy (non-hydrogen) atoms. The van der Waals surface area contributed by atoms with Crippen LogP contribution in [0.25, 0.3) is 5.57 Å². The smallest absolute Gasteiger partial charge is 0.339 e. The Bertz CT molecular complexity index is 364. The molecule has 0 saturated heterocycles. The fourth-order valence-corrected chi connectivity index (χ4v) is 1.45. The van der Waals surface area contributed by atoms with E-state index in [9.17, 15) is 4.79 Å². The van der Waals surface area contributed by atoms with Gasteiger partial charge in [-0.1, -0.05) is 41.9 Å². The summed E-state index contributed by atoms with van der Waals surface area (Å²) >= 11 is 5.89. The zero-order valence-electron chi connectivity index (χ0n) is 8.79. The van der Waals surface area contributed by atoms with Crippen LogP contribution in [-0.4, -0.2) is 12.6 Å². The second-order valence-electron chi connectivity index (χ2n) is 2.99. The van der Waals surface area contributed by atoms with Gasteiger partial charge in [0.15, 0.2) is 0 Å². The van der Waals surface area contributed by atoms with Crippen LogP contribution >= 0.6 is 11.6 Å². The maximum absolute atomic E-state index is 11.6. The van der Waals surface area contributed by atoms with Crippen molar-refractivity contribution in [1.82, 2.24) is 0 Å². The molecule has 0 unspecified atom stereocenters. The Morgan fingerprint density at radius 1 is 1.33 bits per heavy atom. The molecule has 0 amide bonds. The number of hydrogen-bond donors (Lipinski definition) is 0. The highest BCUT2D eigenvalue weighted by Crippen LogP contribution is 2.22. The van der Waals surface area contributed by atoms with E-state index in [1.54, 1.807) is 13.8 Å². The monoisotopic (exact) mass is 224 g/mol. The molecule has 0 aliphatic rings. The zero-order chi connectivity index (χ0) is 11.3. The third-order valence-corrected chi connectivity index (χ3v) is 2.08. The van der Waals surface area contributed by atoms with Crippen molar-refractivity contribution in [2.24, 2.45) is 0 Å². The van der Waals surface area contributed by atoms with Crippen LogP contribution in [0.15, 0.2) is 35.4 Å². The normalized spacial score (nSPS) is 11.9. The lowest BCUT2D eigenvalue weighted by Gasteiger charge is -2.07. The summed E-state index contributed by atoms with van der Waals surface area (Å²) in [5, 5.41) is 0.444. The van der Waals surface area contributed by atoms with Crippen molar-refractivity contribution < 1.29 is 9.53 Å². The van der Waals surface area contributed by atoms with Crippen molar-refractivity contribution in [1.29, 1.82) is 0 Å². The molecule has 0 N–H and O–H groups in total.